The Labute approximate surface area is 91.1 Å². The molecule has 2 aromatic rings. The fourth-order valence-electron chi connectivity index (χ4n) is 1.28. The monoisotopic (exact) mass is 216 g/mol. The zero-order valence-corrected chi connectivity index (χ0v) is 8.45. The normalized spacial score (nSPS) is 9.75. The summed E-state index contributed by atoms with van der Waals surface area (Å²) in [7, 11) is 1.46. The maximum absolute atomic E-state index is 8.84. The Kier molecular flexibility index (Phi) is 2.39. The summed E-state index contributed by atoms with van der Waals surface area (Å²) in [4.78, 5) is 11.7. The third-order valence-corrected chi connectivity index (χ3v) is 1.99. The first-order valence-electron chi connectivity index (χ1n) is 4.36. The minimum atomic E-state index is 0.201. The van der Waals surface area contributed by atoms with E-state index in [2.05, 4.69) is 15.0 Å². The maximum Gasteiger partial charge on any atom is 0.242 e. The number of anilines is 1. The average Bonchev–Trinajstić information content (AvgIpc) is 2.77. The van der Waals surface area contributed by atoms with Crippen LogP contribution < -0.4 is 10.5 Å². The van der Waals surface area contributed by atoms with E-state index in [1.807, 2.05) is 6.07 Å². The van der Waals surface area contributed by atoms with Gasteiger partial charge in [-0.25, -0.2) is 9.97 Å². The summed E-state index contributed by atoms with van der Waals surface area (Å²) in [6.07, 6.45) is 4.40. The Morgan fingerprint density at radius 1 is 1.44 bits per heavy atom. The van der Waals surface area contributed by atoms with E-state index in [1.54, 1.807) is 6.20 Å². The molecule has 0 aliphatic heterocycles. The van der Waals surface area contributed by atoms with Crippen LogP contribution in [0.25, 0.3) is 5.82 Å². The molecule has 2 N–H and O–H groups in total. The van der Waals surface area contributed by atoms with Gasteiger partial charge < -0.3 is 10.5 Å². The smallest absolute Gasteiger partial charge is 0.242 e. The predicted molar refractivity (Wildman–Crippen MR) is 54.8 cm³/mol. The SMILES string of the molecule is COc1ncnc(-n2ccnc2C#N)c1N. The number of hydrogen-bond donors (Lipinski definition) is 1. The molecular formula is C9H8N6O. The number of rotatable bonds is 2. The molecule has 0 saturated heterocycles. The van der Waals surface area contributed by atoms with Crippen molar-refractivity contribution in [1.82, 2.24) is 19.5 Å². The summed E-state index contributed by atoms with van der Waals surface area (Å²) in [5.74, 6) is 0.843. The van der Waals surface area contributed by atoms with E-state index in [9.17, 15) is 0 Å². The number of methoxy groups -OCH3 is 1. The Morgan fingerprint density at radius 2 is 2.25 bits per heavy atom. The van der Waals surface area contributed by atoms with Crippen molar-refractivity contribution < 1.29 is 4.74 Å². The second-order valence-corrected chi connectivity index (χ2v) is 2.85. The van der Waals surface area contributed by atoms with E-state index < -0.39 is 0 Å². The van der Waals surface area contributed by atoms with E-state index in [4.69, 9.17) is 15.7 Å². The highest BCUT2D eigenvalue weighted by Crippen LogP contribution is 2.23. The Bertz CT molecular complexity index is 555. The van der Waals surface area contributed by atoms with E-state index in [0.29, 0.717) is 5.82 Å². The molecule has 0 bridgehead atoms. The molecule has 0 unspecified atom stereocenters. The molecule has 0 spiro atoms. The second-order valence-electron chi connectivity index (χ2n) is 2.85. The molecule has 0 saturated carbocycles. The van der Waals surface area contributed by atoms with Crippen LogP contribution >= 0.6 is 0 Å². The highest BCUT2D eigenvalue weighted by atomic mass is 16.5. The van der Waals surface area contributed by atoms with Gasteiger partial charge in [-0.2, -0.15) is 10.2 Å². The van der Waals surface area contributed by atoms with Gasteiger partial charge in [0, 0.05) is 12.4 Å². The van der Waals surface area contributed by atoms with Crippen LogP contribution in [0.15, 0.2) is 18.7 Å². The van der Waals surface area contributed by atoms with Crippen molar-refractivity contribution in [3.05, 3.63) is 24.5 Å². The van der Waals surface area contributed by atoms with Gasteiger partial charge in [0.15, 0.2) is 5.82 Å². The van der Waals surface area contributed by atoms with Crippen molar-refractivity contribution >= 4 is 5.69 Å². The number of imidazole rings is 1. The zero-order chi connectivity index (χ0) is 11.5. The van der Waals surface area contributed by atoms with Gasteiger partial charge in [0.25, 0.3) is 0 Å². The second kappa shape index (κ2) is 3.86. The molecule has 0 radical (unpaired) electrons. The van der Waals surface area contributed by atoms with E-state index in [0.717, 1.165) is 0 Å². The number of nitriles is 1. The number of nitrogens with two attached hydrogens (primary N) is 1. The first kappa shape index (κ1) is 9.92. The van der Waals surface area contributed by atoms with Crippen LogP contribution in [-0.4, -0.2) is 26.6 Å². The molecule has 7 nitrogen and oxygen atoms in total. The van der Waals surface area contributed by atoms with Gasteiger partial charge in [-0.1, -0.05) is 0 Å². The molecule has 16 heavy (non-hydrogen) atoms. The topological polar surface area (TPSA) is 103 Å². The lowest BCUT2D eigenvalue weighted by molar-refractivity contribution is 0.399. The third kappa shape index (κ3) is 1.42. The zero-order valence-electron chi connectivity index (χ0n) is 8.45. The molecule has 0 fully saturated rings. The lowest BCUT2D eigenvalue weighted by atomic mass is 10.4. The first-order valence-corrected chi connectivity index (χ1v) is 4.36. The molecule has 0 aromatic carbocycles. The summed E-state index contributed by atoms with van der Waals surface area (Å²) < 4.78 is 6.44. The molecule has 0 amide bonds. The van der Waals surface area contributed by atoms with Crippen LogP contribution in [0.4, 0.5) is 5.69 Å². The summed E-state index contributed by atoms with van der Waals surface area (Å²) >= 11 is 0. The quantitative estimate of drug-likeness (QED) is 0.765. The number of ether oxygens (including phenoxy) is 1. The van der Waals surface area contributed by atoms with Crippen LogP contribution in [-0.2, 0) is 0 Å². The largest absolute Gasteiger partial charge is 0.479 e. The summed E-state index contributed by atoms with van der Waals surface area (Å²) in [5.41, 5.74) is 6.06. The summed E-state index contributed by atoms with van der Waals surface area (Å²) in [6.45, 7) is 0. The lowest BCUT2D eigenvalue weighted by Gasteiger charge is -2.08. The maximum atomic E-state index is 8.84. The van der Waals surface area contributed by atoms with Gasteiger partial charge in [0.05, 0.1) is 7.11 Å². The molecule has 0 atom stereocenters. The molecule has 2 heterocycles. The highest BCUT2D eigenvalue weighted by Gasteiger charge is 2.12. The van der Waals surface area contributed by atoms with Crippen molar-refractivity contribution in [3.8, 4) is 17.8 Å². The number of nitrogen functional groups attached to an aromatic ring is 1. The van der Waals surface area contributed by atoms with Gasteiger partial charge in [0.2, 0.25) is 11.7 Å². The predicted octanol–water partition coefficient (Wildman–Crippen LogP) is 0.125. The van der Waals surface area contributed by atoms with Crippen LogP contribution in [0.1, 0.15) is 5.82 Å². The Morgan fingerprint density at radius 3 is 2.94 bits per heavy atom. The molecule has 80 valence electrons. The van der Waals surface area contributed by atoms with Crippen molar-refractivity contribution in [2.75, 3.05) is 12.8 Å². The number of hydrogen-bond acceptors (Lipinski definition) is 6. The summed E-state index contributed by atoms with van der Waals surface area (Å²) in [5, 5.41) is 8.84. The lowest BCUT2D eigenvalue weighted by Crippen LogP contribution is -2.06. The van der Waals surface area contributed by atoms with Gasteiger partial charge in [-0.15, -0.1) is 0 Å². The molecule has 7 heteroatoms. The molecule has 2 aromatic heterocycles. The van der Waals surface area contributed by atoms with Crippen molar-refractivity contribution in [1.29, 1.82) is 5.26 Å². The Hall–Kier alpha value is -2.62. The van der Waals surface area contributed by atoms with E-state index in [-0.39, 0.29) is 17.4 Å². The fourth-order valence-corrected chi connectivity index (χ4v) is 1.28. The third-order valence-electron chi connectivity index (χ3n) is 1.99. The Balaban J connectivity index is 2.62. The minimum Gasteiger partial charge on any atom is -0.479 e. The molecule has 0 aliphatic carbocycles. The van der Waals surface area contributed by atoms with Gasteiger partial charge >= 0.3 is 0 Å². The highest BCUT2D eigenvalue weighted by molar-refractivity contribution is 5.60. The molecule has 2 rings (SSSR count). The standard InChI is InChI=1S/C9H8N6O/c1-16-9-7(11)8(13-5-14-9)15-3-2-12-6(15)4-10/h2-3,5H,11H2,1H3. The van der Waals surface area contributed by atoms with E-state index in [1.165, 1.54) is 24.2 Å². The van der Waals surface area contributed by atoms with Gasteiger partial charge in [0.1, 0.15) is 18.1 Å². The van der Waals surface area contributed by atoms with Crippen LogP contribution in [0, 0.1) is 11.3 Å². The van der Waals surface area contributed by atoms with Crippen molar-refractivity contribution in [2.24, 2.45) is 0 Å². The van der Waals surface area contributed by atoms with Crippen LogP contribution in [0.2, 0.25) is 0 Å². The fraction of sp³-hybridized carbons (Fsp3) is 0.111. The van der Waals surface area contributed by atoms with Crippen molar-refractivity contribution in [3.63, 3.8) is 0 Å². The summed E-state index contributed by atoms with van der Waals surface area (Å²) in [6, 6.07) is 1.93. The molecular weight excluding hydrogens is 208 g/mol. The van der Waals surface area contributed by atoms with Crippen molar-refractivity contribution in [2.45, 2.75) is 0 Å². The first-order chi connectivity index (χ1) is 7.77. The number of aromatic nitrogens is 4. The minimum absolute atomic E-state index is 0.201. The van der Waals surface area contributed by atoms with Crippen LogP contribution in [0.3, 0.4) is 0 Å². The number of nitrogens with zero attached hydrogens (tertiary/aromatic N) is 5. The van der Waals surface area contributed by atoms with Gasteiger partial charge in [-0.05, 0) is 0 Å². The van der Waals surface area contributed by atoms with Gasteiger partial charge in [-0.3, -0.25) is 4.57 Å². The van der Waals surface area contributed by atoms with Crippen LogP contribution in [0.5, 0.6) is 5.88 Å². The van der Waals surface area contributed by atoms with E-state index >= 15 is 0 Å². The average molecular weight is 216 g/mol. The molecule has 0 aliphatic rings.